The summed E-state index contributed by atoms with van der Waals surface area (Å²) in [5, 5.41) is 9.45. The van der Waals surface area contributed by atoms with Crippen LogP contribution in [0.5, 0.6) is 23.0 Å². The molecule has 0 bridgehead atoms. The lowest BCUT2D eigenvalue weighted by molar-refractivity contribution is 0.363. The lowest BCUT2D eigenvalue weighted by atomic mass is 10.3. The van der Waals surface area contributed by atoms with E-state index in [0.29, 0.717) is 0 Å². The Morgan fingerprint density at radius 1 is 1.36 bits per heavy atom. The number of aromatic hydroxyl groups is 1. The van der Waals surface area contributed by atoms with Gasteiger partial charge in [-0.25, -0.2) is 0 Å². The van der Waals surface area contributed by atoms with Crippen LogP contribution in [0.2, 0.25) is 0 Å². The Kier molecular flexibility index (Phi) is 1.71. The van der Waals surface area contributed by atoms with E-state index in [9.17, 15) is 13.5 Å². The number of hydrogen-bond donors (Lipinski definition) is 1. The molecule has 1 aliphatic heterocycles. The van der Waals surface area contributed by atoms with E-state index in [2.05, 4.69) is 8.37 Å². The molecule has 0 saturated heterocycles. The molecule has 0 unspecified atom stereocenters. The molecular formula is C7H6O6S. The lowest BCUT2D eigenvalue weighted by Gasteiger charge is -2.03. The average molecular weight is 218 g/mol. The smallest absolute Gasteiger partial charge is 0.501 e. The van der Waals surface area contributed by atoms with Crippen LogP contribution in [0.25, 0.3) is 0 Å². The quantitative estimate of drug-likeness (QED) is 0.735. The minimum absolute atomic E-state index is 0.0525. The molecular weight excluding hydrogens is 212 g/mol. The second-order valence-electron chi connectivity index (χ2n) is 2.52. The SMILES string of the molecule is COc1ccc2c(c1O)OS(=O)(=O)O2. The number of rotatable bonds is 1. The van der Waals surface area contributed by atoms with Crippen LogP contribution in [0.3, 0.4) is 0 Å². The fraction of sp³-hybridized carbons (Fsp3) is 0.143. The summed E-state index contributed by atoms with van der Waals surface area (Å²) in [5.74, 6) is -0.580. The highest BCUT2D eigenvalue weighted by Crippen LogP contribution is 2.47. The molecule has 14 heavy (non-hydrogen) atoms. The number of fused-ring (bicyclic) bond motifs is 1. The molecule has 1 heterocycles. The predicted molar refractivity (Wildman–Crippen MR) is 44.8 cm³/mol. The van der Waals surface area contributed by atoms with E-state index in [-0.39, 0.29) is 17.2 Å². The van der Waals surface area contributed by atoms with Crippen LogP contribution in [0, 0.1) is 0 Å². The molecule has 1 aliphatic rings. The Balaban J connectivity index is 2.59. The fourth-order valence-corrected chi connectivity index (χ4v) is 1.82. The lowest BCUT2D eigenvalue weighted by Crippen LogP contribution is -2.08. The summed E-state index contributed by atoms with van der Waals surface area (Å²) >= 11 is 0. The van der Waals surface area contributed by atoms with E-state index < -0.39 is 16.1 Å². The van der Waals surface area contributed by atoms with Crippen molar-refractivity contribution in [3.05, 3.63) is 12.1 Å². The Labute approximate surface area is 80.0 Å². The molecule has 2 rings (SSSR count). The molecule has 1 aromatic carbocycles. The van der Waals surface area contributed by atoms with Gasteiger partial charge in [0.15, 0.2) is 11.5 Å². The van der Waals surface area contributed by atoms with E-state index in [1.54, 1.807) is 0 Å². The molecule has 0 aromatic heterocycles. The van der Waals surface area contributed by atoms with E-state index in [0.717, 1.165) is 0 Å². The number of benzene rings is 1. The highest BCUT2D eigenvalue weighted by molar-refractivity contribution is 7.82. The largest absolute Gasteiger partial charge is 0.502 e. The third-order valence-electron chi connectivity index (χ3n) is 1.66. The molecule has 0 spiro atoms. The van der Waals surface area contributed by atoms with Gasteiger partial charge in [-0.2, -0.15) is 0 Å². The Morgan fingerprint density at radius 3 is 2.71 bits per heavy atom. The highest BCUT2D eigenvalue weighted by Gasteiger charge is 2.32. The van der Waals surface area contributed by atoms with Crippen LogP contribution < -0.4 is 13.1 Å². The molecule has 0 aliphatic carbocycles. The van der Waals surface area contributed by atoms with Gasteiger partial charge in [0.1, 0.15) is 0 Å². The van der Waals surface area contributed by atoms with Gasteiger partial charge in [-0.05, 0) is 12.1 Å². The van der Waals surface area contributed by atoms with Crippen molar-refractivity contribution in [1.29, 1.82) is 0 Å². The van der Waals surface area contributed by atoms with E-state index in [1.165, 1.54) is 19.2 Å². The molecule has 0 saturated carbocycles. The number of methoxy groups -OCH3 is 1. The van der Waals surface area contributed by atoms with Gasteiger partial charge in [0.2, 0.25) is 11.5 Å². The summed E-state index contributed by atoms with van der Waals surface area (Å²) in [4.78, 5) is 0. The molecule has 0 amide bonds. The van der Waals surface area contributed by atoms with Crippen LogP contribution >= 0.6 is 0 Å². The highest BCUT2D eigenvalue weighted by atomic mass is 32.3. The van der Waals surface area contributed by atoms with Crippen molar-refractivity contribution in [2.45, 2.75) is 0 Å². The molecule has 7 heteroatoms. The number of phenolic OH excluding ortho intramolecular Hbond substituents is 1. The normalized spacial score (nSPS) is 16.6. The Bertz CT molecular complexity index is 477. The summed E-state index contributed by atoms with van der Waals surface area (Å²) in [6.45, 7) is 0. The van der Waals surface area contributed by atoms with Crippen molar-refractivity contribution in [2.75, 3.05) is 7.11 Å². The van der Waals surface area contributed by atoms with Crippen LogP contribution in [0.1, 0.15) is 0 Å². The van der Waals surface area contributed by atoms with Crippen molar-refractivity contribution in [1.82, 2.24) is 0 Å². The minimum atomic E-state index is -4.07. The zero-order valence-electron chi connectivity index (χ0n) is 7.05. The first-order valence-corrected chi connectivity index (χ1v) is 4.90. The Hall–Kier alpha value is -1.63. The molecule has 0 fully saturated rings. The summed E-state index contributed by atoms with van der Waals surface area (Å²) in [6, 6.07) is 2.71. The first-order valence-electron chi connectivity index (χ1n) is 3.57. The van der Waals surface area contributed by atoms with Crippen LogP contribution in [-0.4, -0.2) is 20.6 Å². The monoisotopic (exact) mass is 218 g/mol. The zero-order valence-corrected chi connectivity index (χ0v) is 7.87. The van der Waals surface area contributed by atoms with Gasteiger partial charge in [-0.15, -0.1) is 8.42 Å². The standard InChI is InChI=1S/C7H6O6S/c1-11-4-2-3-5-7(6(4)8)13-14(9,10)12-5/h2-3,8H,1H3. The Morgan fingerprint density at radius 2 is 2.07 bits per heavy atom. The zero-order chi connectivity index (χ0) is 10.3. The second kappa shape index (κ2) is 2.68. The van der Waals surface area contributed by atoms with Gasteiger partial charge in [0, 0.05) is 0 Å². The maximum atomic E-state index is 10.8. The minimum Gasteiger partial charge on any atom is -0.502 e. The van der Waals surface area contributed by atoms with Crippen LogP contribution in [0.4, 0.5) is 0 Å². The summed E-state index contributed by atoms with van der Waals surface area (Å²) < 4.78 is 35.2. The summed E-state index contributed by atoms with van der Waals surface area (Å²) in [5.41, 5.74) is 0. The van der Waals surface area contributed by atoms with Gasteiger partial charge in [-0.1, -0.05) is 0 Å². The summed E-state index contributed by atoms with van der Waals surface area (Å²) in [7, 11) is -2.73. The molecule has 0 atom stereocenters. The second-order valence-corrected chi connectivity index (χ2v) is 3.67. The van der Waals surface area contributed by atoms with E-state index in [4.69, 9.17) is 4.74 Å². The van der Waals surface area contributed by atoms with Gasteiger partial charge < -0.3 is 18.2 Å². The first-order chi connectivity index (χ1) is 6.53. The maximum Gasteiger partial charge on any atom is 0.501 e. The van der Waals surface area contributed by atoms with Gasteiger partial charge in [-0.3, -0.25) is 0 Å². The third-order valence-corrected chi connectivity index (χ3v) is 2.41. The molecule has 1 aromatic rings. The van der Waals surface area contributed by atoms with Crippen LogP contribution in [0.15, 0.2) is 12.1 Å². The molecule has 0 radical (unpaired) electrons. The molecule has 76 valence electrons. The van der Waals surface area contributed by atoms with Crippen molar-refractivity contribution in [3.63, 3.8) is 0 Å². The van der Waals surface area contributed by atoms with E-state index in [1.807, 2.05) is 0 Å². The van der Waals surface area contributed by atoms with Crippen molar-refractivity contribution < 1.29 is 26.6 Å². The molecule has 6 nitrogen and oxygen atoms in total. The molecule has 1 N–H and O–H groups in total. The number of phenols is 1. The van der Waals surface area contributed by atoms with Gasteiger partial charge >= 0.3 is 10.4 Å². The maximum absolute atomic E-state index is 10.8. The van der Waals surface area contributed by atoms with Crippen molar-refractivity contribution in [2.24, 2.45) is 0 Å². The van der Waals surface area contributed by atoms with E-state index >= 15 is 0 Å². The average Bonchev–Trinajstić information content (AvgIpc) is 2.42. The van der Waals surface area contributed by atoms with Gasteiger partial charge in [0.25, 0.3) is 0 Å². The fourth-order valence-electron chi connectivity index (χ4n) is 1.07. The van der Waals surface area contributed by atoms with Gasteiger partial charge in [0.05, 0.1) is 7.11 Å². The van der Waals surface area contributed by atoms with Crippen LogP contribution in [-0.2, 0) is 10.4 Å². The number of hydrogen-bond acceptors (Lipinski definition) is 6. The predicted octanol–water partition coefficient (Wildman–Crippen LogP) is 0.417. The van der Waals surface area contributed by atoms with Crippen molar-refractivity contribution in [3.8, 4) is 23.0 Å². The summed E-state index contributed by atoms with van der Waals surface area (Å²) in [6.07, 6.45) is 0. The third kappa shape index (κ3) is 1.22. The van der Waals surface area contributed by atoms with Crippen molar-refractivity contribution >= 4 is 10.4 Å². The first kappa shape index (κ1) is 8.95. The number of ether oxygens (including phenoxy) is 1. The topological polar surface area (TPSA) is 82.1 Å².